The van der Waals surface area contributed by atoms with Gasteiger partial charge in [-0.05, 0) is 65.2 Å². The summed E-state index contributed by atoms with van der Waals surface area (Å²) in [6.07, 6.45) is 0.913. The predicted octanol–water partition coefficient (Wildman–Crippen LogP) is 3.54. The minimum absolute atomic E-state index is 0.184. The molecule has 2 aliphatic rings. The summed E-state index contributed by atoms with van der Waals surface area (Å²) in [4.78, 5) is 6.63. The Labute approximate surface area is 187 Å². The fourth-order valence-corrected chi connectivity index (χ4v) is 4.42. The van der Waals surface area contributed by atoms with Crippen LogP contribution in [0.1, 0.15) is 24.2 Å². The van der Waals surface area contributed by atoms with Crippen LogP contribution in [0.25, 0.3) is 11.3 Å². The van der Waals surface area contributed by atoms with E-state index in [9.17, 15) is 13.2 Å². The molecule has 33 heavy (non-hydrogen) atoms. The molecular formula is C22H21F3N6O2. The van der Waals surface area contributed by atoms with Crippen LogP contribution >= 0.6 is 0 Å². The minimum Gasteiger partial charge on any atom is -0.496 e. The number of hydrogen-bond acceptors (Lipinski definition) is 7. The van der Waals surface area contributed by atoms with Crippen LogP contribution in [-0.2, 0) is 10.9 Å². The summed E-state index contributed by atoms with van der Waals surface area (Å²) in [5.41, 5.74) is 1.17. The molecule has 2 aliphatic heterocycles. The summed E-state index contributed by atoms with van der Waals surface area (Å²) in [6, 6.07) is 10.5. The van der Waals surface area contributed by atoms with Gasteiger partial charge in [0.25, 0.3) is 5.82 Å². The van der Waals surface area contributed by atoms with Crippen LogP contribution in [0.3, 0.4) is 0 Å². The van der Waals surface area contributed by atoms with Gasteiger partial charge in [0.05, 0.1) is 25.9 Å². The number of rotatable bonds is 4. The molecule has 11 heteroatoms. The van der Waals surface area contributed by atoms with Gasteiger partial charge in [-0.1, -0.05) is 6.07 Å². The number of pyridine rings is 1. The number of benzene rings is 1. The molecule has 1 saturated heterocycles. The molecule has 0 saturated carbocycles. The molecule has 0 radical (unpaired) electrons. The molecule has 1 aromatic carbocycles. The Morgan fingerprint density at radius 1 is 1.18 bits per heavy atom. The average molecular weight is 458 g/mol. The van der Waals surface area contributed by atoms with E-state index >= 15 is 0 Å². The Morgan fingerprint density at radius 3 is 2.82 bits per heavy atom. The first-order chi connectivity index (χ1) is 15.9. The third-order valence-electron chi connectivity index (χ3n) is 5.91. The molecule has 1 unspecified atom stereocenters. The topological polar surface area (TPSA) is 78.2 Å². The van der Waals surface area contributed by atoms with E-state index in [1.807, 2.05) is 18.2 Å². The zero-order chi connectivity index (χ0) is 23.1. The SMILES string of the molecule is COc1ccc(-n2nnnc2C(F)(F)F)cc1C1=CC2(CCCN(c3ccccn3)C2)OC1. The largest absolute Gasteiger partial charge is 0.496 e. The van der Waals surface area contributed by atoms with Gasteiger partial charge in [0.15, 0.2) is 0 Å². The zero-order valence-electron chi connectivity index (χ0n) is 17.8. The molecule has 0 N–H and O–H groups in total. The number of alkyl halides is 3. The van der Waals surface area contributed by atoms with Gasteiger partial charge in [-0.25, -0.2) is 4.98 Å². The van der Waals surface area contributed by atoms with Crippen molar-refractivity contribution in [3.8, 4) is 11.4 Å². The summed E-state index contributed by atoms with van der Waals surface area (Å²) < 4.78 is 52.3. The van der Waals surface area contributed by atoms with Crippen molar-refractivity contribution >= 4 is 11.4 Å². The number of piperidine rings is 1. The first-order valence-corrected chi connectivity index (χ1v) is 10.4. The standard InChI is InChI=1S/C22H21F3N6O2/c1-32-18-7-6-16(31-20(22(23,24)25)27-28-29-31)11-17(18)15-12-21(33-13-15)8-4-10-30(14-21)19-5-2-3-9-26-19/h2-3,5-7,9,11-12H,4,8,10,13-14H2,1H3. The lowest BCUT2D eigenvalue weighted by Crippen LogP contribution is -2.47. The number of ether oxygens (including phenoxy) is 2. The highest BCUT2D eigenvalue weighted by Crippen LogP contribution is 2.40. The summed E-state index contributed by atoms with van der Waals surface area (Å²) in [5, 5.41) is 9.87. The van der Waals surface area contributed by atoms with E-state index in [0.717, 1.165) is 30.8 Å². The van der Waals surface area contributed by atoms with E-state index in [1.165, 1.54) is 13.2 Å². The minimum atomic E-state index is -4.68. The summed E-state index contributed by atoms with van der Waals surface area (Å²) in [5.74, 6) is 0.231. The molecule has 1 atom stereocenters. The number of methoxy groups -OCH3 is 1. The molecule has 0 amide bonds. The molecule has 8 nitrogen and oxygen atoms in total. The highest BCUT2D eigenvalue weighted by atomic mass is 19.4. The lowest BCUT2D eigenvalue weighted by atomic mass is 9.91. The predicted molar refractivity (Wildman–Crippen MR) is 113 cm³/mol. The van der Waals surface area contributed by atoms with Crippen LogP contribution in [0.15, 0.2) is 48.7 Å². The maximum absolute atomic E-state index is 13.3. The van der Waals surface area contributed by atoms with Gasteiger partial charge in [-0.2, -0.15) is 17.9 Å². The lowest BCUT2D eigenvalue weighted by Gasteiger charge is -2.39. The van der Waals surface area contributed by atoms with Crippen molar-refractivity contribution in [1.82, 2.24) is 25.2 Å². The van der Waals surface area contributed by atoms with Crippen molar-refractivity contribution in [3.63, 3.8) is 0 Å². The second-order valence-electron chi connectivity index (χ2n) is 8.03. The smallest absolute Gasteiger partial charge is 0.453 e. The number of anilines is 1. The van der Waals surface area contributed by atoms with Gasteiger partial charge >= 0.3 is 6.18 Å². The quantitative estimate of drug-likeness (QED) is 0.592. The van der Waals surface area contributed by atoms with E-state index in [4.69, 9.17) is 9.47 Å². The van der Waals surface area contributed by atoms with Crippen LogP contribution < -0.4 is 9.64 Å². The third-order valence-corrected chi connectivity index (χ3v) is 5.91. The number of hydrogen-bond donors (Lipinski definition) is 0. The van der Waals surface area contributed by atoms with Gasteiger partial charge in [0.2, 0.25) is 0 Å². The van der Waals surface area contributed by atoms with Crippen LogP contribution in [0.4, 0.5) is 19.0 Å². The van der Waals surface area contributed by atoms with Crippen molar-refractivity contribution in [1.29, 1.82) is 0 Å². The highest BCUT2D eigenvalue weighted by molar-refractivity contribution is 5.75. The van der Waals surface area contributed by atoms with E-state index in [2.05, 4.69) is 31.5 Å². The zero-order valence-corrected chi connectivity index (χ0v) is 17.8. The van der Waals surface area contributed by atoms with Crippen LogP contribution in [0.5, 0.6) is 5.75 Å². The third kappa shape index (κ3) is 4.04. The van der Waals surface area contributed by atoms with Crippen LogP contribution in [0.2, 0.25) is 0 Å². The van der Waals surface area contributed by atoms with Gasteiger partial charge in [-0.15, -0.1) is 5.10 Å². The first-order valence-electron chi connectivity index (χ1n) is 10.4. The summed E-state index contributed by atoms with van der Waals surface area (Å²) in [6.45, 7) is 1.84. The second kappa shape index (κ2) is 8.14. The van der Waals surface area contributed by atoms with Gasteiger partial charge < -0.3 is 14.4 Å². The molecule has 4 heterocycles. The maximum atomic E-state index is 13.3. The lowest BCUT2D eigenvalue weighted by molar-refractivity contribution is -0.146. The van der Waals surface area contributed by atoms with Crippen molar-refractivity contribution in [2.45, 2.75) is 24.6 Å². The Hall–Kier alpha value is -3.47. The molecule has 3 aromatic rings. The molecule has 1 fully saturated rings. The van der Waals surface area contributed by atoms with E-state index < -0.39 is 17.6 Å². The Bertz CT molecular complexity index is 1180. The fourth-order valence-electron chi connectivity index (χ4n) is 4.42. The Kier molecular flexibility index (Phi) is 5.28. The molecule has 5 rings (SSSR count). The number of halogens is 3. The maximum Gasteiger partial charge on any atom is 0.453 e. The van der Waals surface area contributed by atoms with Gasteiger partial charge in [-0.3, -0.25) is 0 Å². The van der Waals surface area contributed by atoms with Crippen molar-refractivity contribution < 1.29 is 22.6 Å². The monoisotopic (exact) mass is 458 g/mol. The fraction of sp³-hybridized carbons (Fsp3) is 0.364. The molecule has 0 aliphatic carbocycles. The van der Waals surface area contributed by atoms with Crippen molar-refractivity contribution in [2.75, 3.05) is 31.7 Å². The van der Waals surface area contributed by atoms with Crippen molar-refractivity contribution in [3.05, 3.63) is 60.1 Å². The number of tetrazole rings is 1. The highest BCUT2D eigenvalue weighted by Gasteiger charge is 2.41. The molecule has 2 aromatic heterocycles. The number of aromatic nitrogens is 5. The van der Waals surface area contributed by atoms with E-state index in [-0.39, 0.29) is 5.69 Å². The van der Waals surface area contributed by atoms with Crippen LogP contribution in [0, 0.1) is 0 Å². The number of nitrogens with zero attached hydrogens (tertiary/aromatic N) is 6. The normalized spacial score (nSPS) is 20.8. The van der Waals surface area contributed by atoms with Crippen molar-refractivity contribution in [2.24, 2.45) is 0 Å². The first kappa shape index (κ1) is 21.4. The van der Waals surface area contributed by atoms with Gasteiger partial charge in [0, 0.05) is 18.3 Å². The molecular weight excluding hydrogens is 437 g/mol. The summed E-state index contributed by atoms with van der Waals surface area (Å²) in [7, 11) is 1.52. The van der Waals surface area contributed by atoms with Gasteiger partial charge in [0.1, 0.15) is 17.2 Å². The second-order valence-corrected chi connectivity index (χ2v) is 8.03. The van der Waals surface area contributed by atoms with E-state index in [1.54, 1.807) is 18.3 Å². The Balaban J connectivity index is 1.49. The molecule has 0 bridgehead atoms. The molecule has 1 spiro atoms. The molecule has 172 valence electrons. The van der Waals surface area contributed by atoms with E-state index in [0.29, 0.717) is 29.1 Å². The summed E-state index contributed by atoms with van der Waals surface area (Å²) >= 11 is 0. The van der Waals surface area contributed by atoms with Crippen LogP contribution in [-0.4, -0.2) is 57.6 Å². The Morgan fingerprint density at radius 2 is 2.06 bits per heavy atom. The average Bonchev–Trinajstić information content (AvgIpc) is 3.47.